The molecule has 38 heavy (non-hydrogen) atoms. The van der Waals surface area contributed by atoms with Crippen molar-refractivity contribution >= 4 is 11.5 Å². The van der Waals surface area contributed by atoms with Crippen LogP contribution in [0.5, 0.6) is 5.75 Å². The minimum absolute atomic E-state index is 0.265. The molecule has 0 saturated heterocycles. The Bertz CT molecular complexity index is 1470. The number of unbranched alkanes of at least 4 members (excludes halogenated alkanes) is 1. The summed E-state index contributed by atoms with van der Waals surface area (Å²) in [5.74, 6) is 0.651. The number of hydrogen-bond acceptors (Lipinski definition) is 7. The first-order valence-electron chi connectivity index (χ1n) is 13.1. The SMILES string of the molecule is O=C(NCc1ccccn1)c1cn(CCCCc2cc3c(nn2)CC(C2CC2)=C3c2ccc(O)cc2)nn1. The zero-order valence-electron chi connectivity index (χ0n) is 21.0. The van der Waals surface area contributed by atoms with Crippen molar-refractivity contribution in [1.82, 2.24) is 35.5 Å². The monoisotopic (exact) mass is 507 g/mol. The second-order valence-electron chi connectivity index (χ2n) is 9.92. The predicted molar refractivity (Wildman–Crippen MR) is 141 cm³/mol. The molecule has 4 aromatic rings. The van der Waals surface area contributed by atoms with Gasteiger partial charge in [-0.15, -0.1) is 5.10 Å². The first kappa shape index (κ1) is 24.0. The zero-order valence-corrected chi connectivity index (χ0v) is 21.0. The van der Waals surface area contributed by atoms with Crippen LogP contribution in [0.1, 0.15) is 64.4 Å². The molecule has 6 rings (SSSR count). The number of allylic oxidation sites excluding steroid dienone is 1. The van der Waals surface area contributed by atoms with E-state index in [0.717, 1.165) is 48.3 Å². The molecule has 1 aromatic carbocycles. The molecule has 1 fully saturated rings. The van der Waals surface area contributed by atoms with E-state index in [1.165, 1.54) is 29.6 Å². The molecule has 2 aliphatic carbocycles. The molecule has 0 aliphatic heterocycles. The zero-order chi connectivity index (χ0) is 25.9. The fourth-order valence-electron chi connectivity index (χ4n) is 4.97. The van der Waals surface area contributed by atoms with Crippen LogP contribution in [0.15, 0.2) is 66.5 Å². The molecule has 3 heterocycles. The Morgan fingerprint density at radius 3 is 2.68 bits per heavy atom. The van der Waals surface area contributed by atoms with Crippen molar-refractivity contribution in [3.8, 4) is 5.75 Å². The lowest BCUT2D eigenvalue weighted by Crippen LogP contribution is -2.23. The lowest BCUT2D eigenvalue weighted by atomic mass is 9.96. The molecule has 3 aromatic heterocycles. The largest absolute Gasteiger partial charge is 0.508 e. The Kier molecular flexibility index (Phi) is 6.64. The van der Waals surface area contributed by atoms with E-state index >= 15 is 0 Å². The van der Waals surface area contributed by atoms with E-state index in [1.807, 2.05) is 30.3 Å². The number of aryl methyl sites for hydroxylation is 2. The Hall–Kier alpha value is -4.40. The van der Waals surface area contributed by atoms with Gasteiger partial charge < -0.3 is 10.4 Å². The van der Waals surface area contributed by atoms with Crippen molar-refractivity contribution in [2.75, 3.05) is 0 Å². The predicted octanol–water partition coefficient (Wildman–Crippen LogP) is 3.89. The van der Waals surface area contributed by atoms with E-state index in [0.29, 0.717) is 24.7 Å². The second kappa shape index (κ2) is 10.5. The molecule has 9 nitrogen and oxygen atoms in total. The molecule has 0 atom stereocenters. The van der Waals surface area contributed by atoms with Gasteiger partial charge in [0.05, 0.1) is 29.8 Å². The van der Waals surface area contributed by atoms with Gasteiger partial charge in [0.1, 0.15) is 5.75 Å². The van der Waals surface area contributed by atoms with Crippen LogP contribution in [-0.4, -0.2) is 41.2 Å². The normalized spacial score (nSPS) is 14.5. The Morgan fingerprint density at radius 2 is 1.89 bits per heavy atom. The molecule has 0 radical (unpaired) electrons. The maximum absolute atomic E-state index is 12.4. The van der Waals surface area contributed by atoms with Gasteiger partial charge in [-0.05, 0) is 79.5 Å². The minimum atomic E-state index is -0.265. The minimum Gasteiger partial charge on any atom is -0.508 e. The molecule has 0 bridgehead atoms. The van der Waals surface area contributed by atoms with Gasteiger partial charge in [0.2, 0.25) is 0 Å². The molecular weight excluding hydrogens is 478 g/mol. The Labute approximate surface area is 220 Å². The highest BCUT2D eigenvalue weighted by atomic mass is 16.3. The summed E-state index contributed by atoms with van der Waals surface area (Å²) in [6.45, 7) is 1.02. The number of amides is 1. The third-order valence-corrected chi connectivity index (χ3v) is 7.09. The lowest BCUT2D eigenvalue weighted by molar-refractivity contribution is 0.0945. The Balaban J connectivity index is 1.05. The first-order chi connectivity index (χ1) is 18.6. The van der Waals surface area contributed by atoms with Gasteiger partial charge in [0, 0.05) is 24.7 Å². The number of carbonyl (C=O) groups is 1. The van der Waals surface area contributed by atoms with Crippen LogP contribution in [0.25, 0.3) is 5.57 Å². The van der Waals surface area contributed by atoms with Gasteiger partial charge in [-0.3, -0.25) is 14.5 Å². The average Bonchev–Trinajstić information content (AvgIpc) is 3.56. The van der Waals surface area contributed by atoms with Crippen molar-refractivity contribution in [3.63, 3.8) is 0 Å². The molecule has 0 unspecified atom stereocenters. The molecule has 2 aliphatic rings. The quantitative estimate of drug-likeness (QED) is 0.313. The van der Waals surface area contributed by atoms with Gasteiger partial charge in [-0.2, -0.15) is 10.2 Å². The van der Waals surface area contributed by atoms with E-state index in [9.17, 15) is 9.90 Å². The summed E-state index contributed by atoms with van der Waals surface area (Å²) in [7, 11) is 0. The molecule has 9 heteroatoms. The van der Waals surface area contributed by atoms with Crippen LogP contribution in [-0.2, 0) is 25.9 Å². The number of aromatic hydroxyl groups is 1. The third kappa shape index (κ3) is 5.32. The first-order valence-corrected chi connectivity index (χ1v) is 13.1. The van der Waals surface area contributed by atoms with E-state index in [2.05, 4.69) is 36.9 Å². The van der Waals surface area contributed by atoms with Crippen molar-refractivity contribution in [2.45, 2.75) is 51.6 Å². The summed E-state index contributed by atoms with van der Waals surface area (Å²) in [6.07, 6.45) is 9.33. The number of benzene rings is 1. The number of rotatable bonds is 10. The van der Waals surface area contributed by atoms with Crippen LogP contribution in [0, 0.1) is 5.92 Å². The summed E-state index contributed by atoms with van der Waals surface area (Å²) < 4.78 is 1.71. The number of aromatic nitrogens is 6. The lowest BCUT2D eigenvalue weighted by Gasteiger charge is -2.10. The van der Waals surface area contributed by atoms with Crippen LogP contribution in [0.2, 0.25) is 0 Å². The summed E-state index contributed by atoms with van der Waals surface area (Å²) in [5.41, 5.74) is 8.16. The molecule has 192 valence electrons. The number of fused-ring (bicyclic) bond motifs is 1. The summed E-state index contributed by atoms with van der Waals surface area (Å²) >= 11 is 0. The fraction of sp³-hybridized carbons (Fsp3) is 0.310. The van der Waals surface area contributed by atoms with E-state index in [1.54, 1.807) is 29.2 Å². The molecule has 2 N–H and O–H groups in total. The molecule has 0 spiro atoms. The van der Waals surface area contributed by atoms with Gasteiger partial charge in [-0.25, -0.2) is 0 Å². The van der Waals surface area contributed by atoms with Crippen molar-refractivity contribution < 1.29 is 9.90 Å². The van der Waals surface area contributed by atoms with E-state index in [4.69, 9.17) is 0 Å². The van der Waals surface area contributed by atoms with Crippen molar-refractivity contribution in [3.05, 3.63) is 100 Å². The maximum Gasteiger partial charge on any atom is 0.273 e. The summed E-state index contributed by atoms with van der Waals surface area (Å²) in [6, 6.07) is 15.3. The van der Waals surface area contributed by atoms with E-state index < -0.39 is 0 Å². The number of carbonyl (C=O) groups excluding carboxylic acids is 1. The number of pyridine rings is 1. The highest BCUT2D eigenvalue weighted by Crippen LogP contribution is 2.48. The number of phenolic OH excluding ortho intramolecular Hbond substituents is 1. The van der Waals surface area contributed by atoms with Crippen LogP contribution in [0.3, 0.4) is 0 Å². The standard InChI is InChI=1S/C29H29N7O2/c37-23-11-9-20(10-12-23)28-24(19-7-8-19)16-26-25(28)15-21(32-33-26)5-2-4-14-36-18-27(34-35-36)29(38)31-17-22-6-1-3-13-30-22/h1,3,6,9-13,15,18-19,37H,2,4-5,7-8,14,16-17H2,(H,31,38). The smallest absolute Gasteiger partial charge is 0.273 e. The number of phenols is 1. The van der Waals surface area contributed by atoms with Crippen molar-refractivity contribution in [2.24, 2.45) is 5.92 Å². The van der Waals surface area contributed by atoms with Crippen molar-refractivity contribution in [1.29, 1.82) is 0 Å². The molecular formula is C29H29N7O2. The van der Waals surface area contributed by atoms with Gasteiger partial charge in [0.15, 0.2) is 5.69 Å². The van der Waals surface area contributed by atoms with Gasteiger partial charge >= 0.3 is 0 Å². The number of nitrogens with zero attached hydrogens (tertiary/aromatic N) is 6. The highest BCUT2D eigenvalue weighted by molar-refractivity contribution is 5.91. The maximum atomic E-state index is 12.4. The van der Waals surface area contributed by atoms with E-state index in [-0.39, 0.29) is 11.7 Å². The van der Waals surface area contributed by atoms with Crippen LogP contribution in [0.4, 0.5) is 0 Å². The van der Waals surface area contributed by atoms with Gasteiger partial charge in [0.25, 0.3) is 5.91 Å². The number of hydrogen-bond donors (Lipinski definition) is 2. The van der Waals surface area contributed by atoms with Crippen LogP contribution >= 0.6 is 0 Å². The number of nitrogens with one attached hydrogen (secondary N) is 1. The summed E-state index contributed by atoms with van der Waals surface area (Å²) in [5, 5.41) is 29.8. The highest BCUT2D eigenvalue weighted by Gasteiger charge is 2.35. The fourth-order valence-corrected chi connectivity index (χ4v) is 4.97. The second-order valence-corrected chi connectivity index (χ2v) is 9.92. The topological polar surface area (TPSA) is 119 Å². The molecule has 1 saturated carbocycles. The van der Waals surface area contributed by atoms with Gasteiger partial charge in [-0.1, -0.05) is 29.0 Å². The Morgan fingerprint density at radius 1 is 1.03 bits per heavy atom. The average molecular weight is 508 g/mol. The van der Waals surface area contributed by atoms with Crippen LogP contribution < -0.4 is 5.32 Å². The summed E-state index contributed by atoms with van der Waals surface area (Å²) in [4.78, 5) is 16.6. The molecule has 1 amide bonds. The third-order valence-electron chi connectivity index (χ3n) is 7.09.